The lowest BCUT2D eigenvalue weighted by Gasteiger charge is -2.28. The quantitative estimate of drug-likeness (QED) is 0.356. The van der Waals surface area contributed by atoms with Gasteiger partial charge in [-0.1, -0.05) is 6.42 Å². The van der Waals surface area contributed by atoms with Crippen molar-refractivity contribution < 1.29 is 19.4 Å². The van der Waals surface area contributed by atoms with Crippen LogP contribution in [0.4, 0.5) is 10.5 Å². The third-order valence-corrected chi connectivity index (χ3v) is 7.39. The first-order valence-corrected chi connectivity index (χ1v) is 13.6. The van der Waals surface area contributed by atoms with Gasteiger partial charge in [-0.2, -0.15) is 5.26 Å². The van der Waals surface area contributed by atoms with Gasteiger partial charge in [-0.25, -0.2) is 4.79 Å². The Morgan fingerprint density at radius 3 is 2.67 bits per heavy atom. The number of benzene rings is 2. The van der Waals surface area contributed by atoms with Crippen molar-refractivity contribution in [2.45, 2.75) is 58.1 Å². The van der Waals surface area contributed by atoms with E-state index < -0.39 is 6.10 Å². The number of hydrogen-bond donors (Lipinski definition) is 3. The molecule has 2 heterocycles. The predicted octanol–water partition coefficient (Wildman–Crippen LogP) is 5.03. The number of nitrogens with zero attached hydrogens (tertiary/aromatic N) is 3. The summed E-state index contributed by atoms with van der Waals surface area (Å²) in [6.07, 6.45) is 6.62. The molecule has 2 fully saturated rings. The van der Waals surface area contributed by atoms with Crippen LogP contribution < -0.4 is 20.1 Å². The Morgan fingerprint density at radius 2 is 1.92 bits per heavy atom. The van der Waals surface area contributed by atoms with Crippen molar-refractivity contribution in [3.8, 4) is 23.3 Å². The van der Waals surface area contributed by atoms with Gasteiger partial charge < -0.3 is 30.1 Å². The zero-order valence-corrected chi connectivity index (χ0v) is 22.5. The fraction of sp³-hybridized carbons (Fsp3) is 0.433. The van der Waals surface area contributed by atoms with E-state index in [0.29, 0.717) is 40.3 Å². The van der Waals surface area contributed by atoms with E-state index in [4.69, 9.17) is 9.47 Å². The highest BCUT2D eigenvalue weighted by Crippen LogP contribution is 2.36. The number of piperidine rings is 1. The second kappa shape index (κ2) is 11.9. The van der Waals surface area contributed by atoms with Gasteiger partial charge in [0, 0.05) is 35.9 Å². The summed E-state index contributed by atoms with van der Waals surface area (Å²) in [4.78, 5) is 18.9. The Bertz CT molecular complexity index is 1390. The number of rotatable bonds is 9. The van der Waals surface area contributed by atoms with E-state index in [2.05, 4.69) is 26.6 Å². The molecule has 0 radical (unpaired) electrons. The van der Waals surface area contributed by atoms with Crippen LogP contribution in [0, 0.1) is 25.2 Å². The maximum atomic E-state index is 12.2. The van der Waals surface area contributed by atoms with E-state index in [1.54, 1.807) is 24.4 Å². The number of likely N-dealkylation sites (tertiary alicyclic amines) is 1. The molecule has 0 bridgehead atoms. The molecule has 9 nitrogen and oxygen atoms in total. The maximum absolute atomic E-state index is 12.2. The van der Waals surface area contributed by atoms with Crippen molar-refractivity contribution in [1.29, 1.82) is 5.26 Å². The second-order valence-electron chi connectivity index (χ2n) is 10.4. The highest BCUT2D eigenvalue weighted by Gasteiger charge is 2.23. The first-order valence-electron chi connectivity index (χ1n) is 13.6. The maximum Gasteiger partial charge on any atom is 0.319 e. The zero-order chi connectivity index (χ0) is 27.4. The molecule has 3 N–H and O–H groups in total. The van der Waals surface area contributed by atoms with Crippen molar-refractivity contribution in [2.75, 3.05) is 31.6 Å². The molecule has 5 rings (SSSR count). The van der Waals surface area contributed by atoms with Gasteiger partial charge >= 0.3 is 6.03 Å². The summed E-state index contributed by atoms with van der Waals surface area (Å²) in [5, 5.41) is 26.8. The minimum atomic E-state index is -0.642. The molecule has 1 saturated heterocycles. The number of hydrogen-bond acceptors (Lipinski definition) is 7. The van der Waals surface area contributed by atoms with Gasteiger partial charge in [0.2, 0.25) is 0 Å². The summed E-state index contributed by atoms with van der Waals surface area (Å²) in [6, 6.07) is 11.1. The number of amides is 2. The second-order valence-corrected chi connectivity index (χ2v) is 10.4. The third kappa shape index (κ3) is 6.59. The van der Waals surface area contributed by atoms with Gasteiger partial charge in [0.25, 0.3) is 0 Å². The SMILES string of the molecule is Cc1c(NC(=O)NC2CC2)ccc(Oc2ccnc3cc(OC[C@H](O)CN4CCCCC4)c(C#N)cc23)c1C. The summed E-state index contributed by atoms with van der Waals surface area (Å²) in [5.41, 5.74) is 3.50. The van der Waals surface area contributed by atoms with E-state index in [9.17, 15) is 15.2 Å². The number of aromatic nitrogens is 1. The fourth-order valence-electron chi connectivity index (χ4n) is 4.85. The van der Waals surface area contributed by atoms with Crippen LogP contribution in [0.3, 0.4) is 0 Å². The van der Waals surface area contributed by atoms with Crippen LogP contribution in [-0.4, -0.2) is 59.4 Å². The van der Waals surface area contributed by atoms with Gasteiger partial charge in [0.1, 0.15) is 36.0 Å². The number of aliphatic hydroxyl groups is 1. The van der Waals surface area contributed by atoms with E-state index in [1.807, 2.05) is 26.0 Å². The minimum Gasteiger partial charge on any atom is -0.489 e. The van der Waals surface area contributed by atoms with Crippen molar-refractivity contribution in [3.63, 3.8) is 0 Å². The molecule has 3 aromatic rings. The van der Waals surface area contributed by atoms with Gasteiger partial charge in [-0.15, -0.1) is 0 Å². The van der Waals surface area contributed by atoms with E-state index in [0.717, 1.165) is 55.6 Å². The topological polar surface area (TPSA) is 120 Å². The number of nitriles is 1. The molecule has 1 aliphatic carbocycles. The molecule has 204 valence electrons. The van der Waals surface area contributed by atoms with Crippen LogP contribution in [0.1, 0.15) is 48.8 Å². The average Bonchev–Trinajstić information content (AvgIpc) is 3.75. The smallest absolute Gasteiger partial charge is 0.319 e. The molecule has 2 aromatic carbocycles. The molecular weight excluding hydrogens is 494 g/mol. The van der Waals surface area contributed by atoms with Crippen LogP contribution in [0.25, 0.3) is 10.9 Å². The summed E-state index contributed by atoms with van der Waals surface area (Å²) >= 11 is 0. The first-order chi connectivity index (χ1) is 18.9. The molecule has 1 aliphatic heterocycles. The van der Waals surface area contributed by atoms with Crippen molar-refractivity contribution in [2.24, 2.45) is 0 Å². The van der Waals surface area contributed by atoms with Crippen LogP contribution in [0.15, 0.2) is 36.5 Å². The van der Waals surface area contributed by atoms with E-state index in [-0.39, 0.29) is 18.7 Å². The molecule has 1 saturated carbocycles. The number of urea groups is 1. The summed E-state index contributed by atoms with van der Waals surface area (Å²) in [5.74, 6) is 1.59. The number of carbonyl (C=O) groups is 1. The largest absolute Gasteiger partial charge is 0.489 e. The lowest BCUT2D eigenvalue weighted by Crippen LogP contribution is -2.38. The highest BCUT2D eigenvalue weighted by atomic mass is 16.5. The number of carbonyl (C=O) groups excluding carboxylic acids is 1. The normalized spacial score (nSPS) is 16.4. The number of ether oxygens (including phenoxy) is 2. The van der Waals surface area contributed by atoms with E-state index >= 15 is 0 Å². The van der Waals surface area contributed by atoms with E-state index in [1.165, 1.54) is 6.42 Å². The molecule has 2 amide bonds. The fourth-order valence-corrected chi connectivity index (χ4v) is 4.85. The lowest BCUT2D eigenvalue weighted by atomic mass is 10.1. The Kier molecular flexibility index (Phi) is 8.15. The predicted molar refractivity (Wildman–Crippen MR) is 149 cm³/mol. The van der Waals surface area contributed by atoms with Gasteiger partial charge in [-0.05, 0) is 88.0 Å². The Balaban J connectivity index is 1.31. The minimum absolute atomic E-state index is 0.102. The molecule has 1 atom stereocenters. The van der Waals surface area contributed by atoms with Crippen LogP contribution in [0.2, 0.25) is 0 Å². The lowest BCUT2D eigenvalue weighted by molar-refractivity contribution is 0.0617. The standard InChI is InChI=1S/C30H35N5O4/c1-19-20(2)27(9-8-25(19)34-30(37)33-22-6-7-22)39-28-10-11-32-26-15-29(21(16-31)14-24(26)28)38-18-23(36)17-35-12-4-3-5-13-35/h8-11,14-15,22-23,36H,3-7,12-13,17-18H2,1-2H3,(H2,33,34,37)/t23-/m1/s1. The molecule has 0 unspecified atom stereocenters. The summed E-state index contributed by atoms with van der Waals surface area (Å²) < 4.78 is 12.2. The van der Waals surface area contributed by atoms with Crippen LogP contribution in [0.5, 0.6) is 17.2 Å². The van der Waals surface area contributed by atoms with Crippen LogP contribution >= 0.6 is 0 Å². The molecule has 2 aliphatic rings. The number of pyridine rings is 1. The summed E-state index contributed by atoms with van der Waals surface area (Å²) in [6.45, 7) is 6.54. The number of aliphatic hydroxyl groups excluding tert-OH is 1. The first kappa shape index (κ1) is 26.7. The molecule has 39 heavy (non-hydrogen) atoms. The highest BCUT2D eigenvalue weighted by molar-refractivity contribution is 5.91. The number of nitrogens with one attached hydrogen (secondary N) is 2. The zero-order valence-electron chi connectivity index (χ0n) is 22.5. The Labute approximate surface area is 228 Å². The molecule has 1 aromatic heterocycles. The molecular formula is C30H35N5O4. The Morgan fingerprint density at radius 1 is 1.13 bits per heavy atom. The number of anilines is 1. The van der Waals surface area contributed by atoms with Crippen molar-refractivity contribution >= 4 is 22.6 Å². The average molecular weight is 530 g/mol. The van der Waals surface area contributed by atoms with Gasteiger partial charge in [0.15, 0.2) is 0 Å². The Hall–Kier alpha value is -3.87. The van der Waals surface area contributed by atoms with Gasteiger partial charge in [0.05, 0.1) is 11.1 Å². The molecule has 0 spiro atoms. The third-order valence-electron chi connectivity index (χ3n) is 7.39. The van der Waals surface area contributed by atoms with Gasteiger partial charge in [-0.3, -0.25) is 4.98 Å². The number of β-amino-alcohol motifs (C(OH)–C–C–N with tert-alkyl or cyclic N) is 1. The van der Waals surface area contributed by atoms with Crippen LogP contribution in [-0.2, 0) is 0 Å². The van der Waals surface area contributed by atoms with Crippen molar-refractivity contribution in [1.82, 2.24) is 15.2 Å². The number of fused-ring (bicyclic) bond motifs is 1. The van der Waals surface area contributed by atoms with Crippen molar-refractivity contribution in [3.05, 3.63) is 53.2 Å². The molecule has 9 heteroatoms. The monoisotopic (exact) mass is 529 g/mol. The summed E-state index contributed by atoms with van der Waals surface area (Å²) in [7, 11) is 0.